The highest BCUT2D eigenvalue weighted by Gasteiger charge is 2.19. The van der Waals surface area contributed by atoms with Gasteiger partial charge in [0.25, 0.3) is 6.43 Å². The highest BCUT2D eigenvalue weighted by molar-refractivity contribution is 6.30. The highest BCUT2D eigenvalue weighted by Crippen LogP contribution is 2.26. The summed E-state index contributed by atoms with van der Waals surface area (Å²) >= 11 is 6.04. The second-order valence-electron chi connectivity index (χ2n) is 5.41. The van der Waals surface area contributed by atoms with Crippen LogP contribution in [-0.2, 0) is 6.42 Å². The lowest BCUT2D eigenvalue weighted by Crippen LogP contribution is -2.25. The van der Waals surface area contributed by atoms with Crippen molar-refractivity contribution in [2.45, 2.75) is 38.7 Å². The third kappa shape index (κ3) is 4.92. The fourth-order valence-electron chi connectivity index (χ4n) is 2.46. The summed E-state index contributed by atoms with van der Waals surface area (Å²) in [6, 6.07) is 6.43. The first-order chi connectivity index (χ1) is 11.5. The van der Waals surface area contributed by atoms with Crippen molar-refractivity contribution in [3.05, 3.63) is 58.4 Å². The molecule has 1 atom stereocenters. The summed E-state index contributed by atoms with van der Waals surface area (Å²) in [7, 11) is 0. The predicted molar refractivity (Wildman–Crippen MR) is 87.8 cm³/mol. The molecule has 1 N–H and O–H groups in total. The van der Waals surface area contributed by atoms with Gasteiger partial charge in [-0.05, 0) is 31.0 Å². The van der Waals surface area contributed by atoms with Gasteiger partial charge in [0.2, 0.25) is 0 Å². The maximum atomic E-state index is 13.6. The topological polar surface area (TPSA) is 37.8 Å². The Kier molecular flexibility index (Phi) is 6.99. The quantitative estimate of drug-likeness (QED) is 0.684. The predicted octanol–water partition coefficient (Wildman–Crippen LogP) is 4.88. The van der Waals surface area contributed by atoms with Crippen LogP contribution in [-0.4, -0.2) is 16.5 Å². The summed E-state index contributed by atoms with van der Waals surface area (Å²) in [4.78, 5) is 7.34. The molecule has 0 bridgehead atoms. The summed E-state index contributed by atoms with van der Waals surface area (Å²) in [5.74, 6) is -0.820. The number of aromatic nitrogens is 2. The molecule has 130 valence electrons. The SMILES string of the molecule is CCCC(NCCc1ccccc1F)c1cnc(C(F)F)nc1Cl. The average molecular weight is 358 g/mol. The van der Waals surface area contributed by atoms with Crippen LogP contribution in [0, 0.1) is 5.82 Å². The molecule has 0 amide bonds. The van der Waals surface area contributed by atoms with Gasteiger partial charge in [0.15, 0.2) is 5.82 Å². The minimum atomic E-state index is -2.75. The Morgan fingerprint density at radius 1 is 1.25 bits per heavy atom. The summed E-state index contributed by atoms with van der Waals surface area (Å²) in [6.45, 7) is 2.53. The normalized spacial score (nSPS) is 12.6. The van der Waals surface area contributed by atoms with Crippen LogP contribution < -0.4 is 5.32 Å². The number of rotatable bonds is 8. The molecule has 2 aromatic rings. The smallest absolute Gasteiger partial charge is 0.297 e. The monoisotopic (exact) mass is 357 g/mol. The lowest BCUT2D eigenvalue weighted by atomic mass is 10.0. The molecule has 0 aliphatic carbocycles. The third-order valence-corrected chi connectivity index (χ3v) is 3.98. The third-order valence-electron chi connectivity index (χ3n) is 3.68. The van der Waals surface area contributed by atoms with E-state index in [0.29, 0.717) is 24.1 Å². The van der Waals surface area contributed by atoms with Gasteiger partial charge in [-0.15, -0.1) is 0 Å². The molecular weight excluding hydrogens is 339 g/mol. The van der Waals surface area contributed by atoms with Crippen LogP contribution in [0.3, 0.4) is 0 Å². The standard InChI is InChI=1S/C17H19ClF3N3/c1-2-5-14(12-10-23-17(16(20)21)24-15(12)18)22-9-8-11-6-3-4-7-13(11)19/h3-4,6-7,10,14,16,22H,2,5,8-9H2,1H3. The highest BCUT2D eigenvalue weighted by atomic mass is 35.5. The zero-order valence-corrected chi connectivity index (χ0v) is 14.0. The number of hydrogen-bond acceptors (Lipinski definition) is 3. The number of hydrogen-bond donors (Lipinski definition) is 1. The number of benzene rings is 1. The lowest BCUT2D eigenvalue weighted by Gasteiger charge is -2.19. The van der Waals surface area contributed by atoms with Crippen LogP contribution in [0.5, 0.6) is 0 Å². The first-order valence-electron chi connectivity index (χ1n) is 7.80. The zero-order chi connectivity index (χ0) is 17.5. The maximum absolute atomic E-state index is 13.6. The molecule has 3 nitrogen and oxygen atoms in total. The second-order valence-corrected chi connectivity index (χ2v) is 5.77. The molecule has 1 unspecified atom stereocenters. The van der Waals surface area contributed by atoms with E-state index in [1.165, 1.54) is 12.3 Å². The summed E-state index contributed by atoms with van der Waals surface area (Å²) in [6.07, 6.45) is 0.710. The van der Waals surface area contributed by atoms with Gasteiger partial charge < -0.3 is 5.32 Å². The summed E-state index contributed by atoms with van der Waals surface area (Å²) < 4.78 is 38.9. The van der Waals surface area contributed by atoms with E-state index in [4.69, 9.17) is 11.6 Å². The molecule has 0 radical (unpaired) electrons. The number of halogens is 4. The van der Waals surface area contributed by atoms with Gasteiger partial charge >= 0.3 is 0 Å². The number of nitrogens with zero attached hydrogens (tertiary/aromatic N) is 2. The number of alkyl halides is 2. The van der Waals surface area contributed by atoms with E-state index < -0.39 is 12.2 Å². The Morgan fingerprint density at radius 3 is 2.62 bits per heavy atom. The molecule has 1 aromatic heterocycles. The molecule has 2 rings (SSSR count). The van der Waals surface area contributed by atoms with E-state index in [2.05, 4.69) is 15.3 Å². The first-order valence-corrected chi connectivity index (χ1v) is 8.18. The van der Waals surface area contributed by atoms with Crippen molar-refractivity contribution in [2.24, 2.45) is 0 Å². The molecule has 0 spiro atoms. The molecule has 0 aliphatic rings. The van der Waals surface area contributed by atoms with E-state index in [9.17, 15) is 13.2 Å². The van der Waals surface area contributed by atoms with Crippen LogP contribution in [0.25, 0.3) is 0 Å². The maximum Gasteiger partial charge on any atom is 0.297 e. The Balaban J connectivity index is 2.05. The van der Waals surface area contributed by atoms with Gasteiger partial charge in [-0.3, -0.25) is 0 Å². The molecular formula is C17H19ClF3N3. The Morgan fingerprint density at radius 2 is 2.00 bits per heavy atom. The van der Waals surface area contributed by atoms with E-state index in [1.807, 2.05) is 6.92 Å². The fourth-order valence-corrected chi connectivity index (χ4v) is 2.73. The molecule has 0 saturated carbocycles. The van der Waals surface area contributed by atoms with Crippen molar-refractivity contribution >= 4 is 11.6 Å². The van der Waals surface area contributed by atoms with Crippen molar-refractivity contribution in [3.8, 4) is 0 Å². The van der Waals surface area contributed by atoms with Gasteiger partial charge in [-0.2, -0.15) is 0 Å². The second kappa shape index (κ2) is 8.99. The molecule has 0 saturated heterocycles. The van der Waals surface area contributed by atoms with Crippen LogP contribution in [0.4, 0.5) is 13.2 Å². The number of nitrogens with one attached hydrogen (secondary N) is 1. The summed E-state index contributed by atoms with van der Waals surface area (Å²) in [5.41, 5.74) is 1.20. The Labute approximate surface area is 144 Å². The van der Waals surface area contributed by atoms with Gasteiger partial charge in [0.05, 0.1) is 0 Å². The van der Waals surface area contributed by atoms with Gasteiger partial charge in [-0.1, -0.05) is 43.1 Å². The average Bonchev–Trinajstić information content (AvgIpc) is 2.56. The molecule has 7 heteroatoms. The van der Waals surface area contributed by atoms with Crippen molar-refractivity contribution < 1.29 is 13.2 Å². The summed E-state index contributed by atoms with van der Waals surface area (Å²) in [5, 5.41) is 3.31. The van der Waals surface area contributed by atoms with Crippen LogP contribution in [0.2, 0.25) is 5.15 Å². The largest absolute Gasteiger partial charge is 0.309 e. The molecule has 1 aromatic carbocycles. The van der Waals surface area contributed by atoms with Crippen LogP contribution >= 0.6 is 11.6 Å². The van der Waals surface area contributed by atoms with Crippen LogP contribution in [0.1, 0.15) is 49.2 Å². The van der Waals surface area contributed by atoms with Crippen molar-refractivity contribution in [1.29, 1.82) is 0 Å². The fraction of sp³-hybridized carbons (Fsp3) is 0.412. The first kappa shape index (κ1) is 18.7. The van der Waals surface area contributed by atoms with Crippen molar-refractivity contribution in [2.75, 3.05) is 6.54 Å². The molecule has 1 heterocycles. The molecule has 0 fully saturated rings. The van der Waals surface area contributed by atoms with Crippen molar-refractivity contribution in [1.82, 2.24) is 15.3 Å². The van der Waals surface area contributed by atoms with Crippen LogP contribution in [0.15, 0.2) is 30.5 Å². The van der Waals surface area contributed by atoms with Gasteiger partial charge in [0, 0.05) is 17.8 Å². The molecule has 0 aliphatic heterocycles. The van der Waals surface area contributed by atoms with E-state index in [-0.39, 0.29) is 17.0 Å². The Bertz CT molecular complexity index is 667. The van der Waals surface area contributed by atoms with Gasteiger partial charge in [-0.25, -0.2) is 23.1 Å². The minimum Gasteiger partial charge on any atom is -0.309 e. The lowest BCUT2D eigenvalue weighted by molar-refractivity contribution is 0.140. The van der Waals surface area contributed by atoms with Gasteiger partial charge in [0.1, 0.15) is 11.0 Å². The Hall–Kier alpha value is -1.66. The zero-order valence-electron chi connectivity index (χ0n) is 13.3. The van der Waals surface area contributed by atoms with Crippen molar-refractivity contribution in [3.63, 3.8) is 0 Å². The van der Waals surface area contributed by atoms with E-state index in [1.54, 1.807) is 18.2 Å². The van der Waals surface area contributed by atoms with E-state index in [0.717, 1.165) is 12.8 Å². The van der Waals surface area contributed by atoms with E-state index >= 15 is 0 Å². The minimum absolute atomic E-state index is 0.0251. The molecule has 24 heavy (non-hydrogen) atoms.